The molecule has 92 valence electrons. The first-order valence-electron chi connectivity index (χ1n) is 4.69. The maximum atomic E-state index is 11.7. The molecular weight excluding hydrogens is 230 g/mol. The molecule has 0 aromatic carbocycles. The number of hydrogen-bond acceptors (Lipinski definition) is 5. The Morgan fingerprint density at radius 3 is 2.65 bits per heavy atom. The van der Waals surface area contributed by atoms with Crippen LogP contribution in [0.5, 0.6) is 0 Å². The first kappa shape index (κ1) is 12.7. The largest absolute Gasteiger partial charge is 0.448 e. The number of nitrogens with one attached hydrogen (secondary N) is 1. The van der Waals surface area contributed by atoms with E-state index in [4.69, 9.17) is 5.73 Å². The van der Waals surface area contributed by atoms with E-state index in [2.05, 4.69) is 9.72 Å². The molecule has 17 heavy (non-hydrogen) atoms. The lowest BCUT2D eigenvalue weighted by Crippen LogP contribution is -2.39. The molecule has 0 aliphatic carbocycles. The van der Waals surface area contributed by atoms with Crippen LogP contribution in [0, 0.1) is 0 Å². The molecule has 0 aliphatic rings. The summed E-state index contributed by atoms with van der Waals surface area (Å²) in [7, 11) is 0. The lowest BCUT2D eigenvalue weighted by molar-refractivity contribution is 0.101. The van der Waals surface area contributed by atoms with Gasteiger partial charge >= 0.3 is 11.8 Å². The second kappa shape index (κ2) is 5.10. The molecule has 1 amide bonds. The molecule has 0 saturated carbocycles. The Labute approximate surface area is 95.0 Å². The first-order valence-corrected chi connectivity index (χ1v) is 4.69. The molecule has 0 fully saturated rings. The zero-order chi connectivity index (χ0) is 13.0. The fraction of sp³-hybridized carbons (Fsp3) is 0.333. The molecule has 0 radical (unpaired) electrons. The predicted octanol–water partition coefficient (Wildman–Crippen LogP) is -1.17. The van der Waals surface area contributed by atoms with Gasteiger partial charge in [-0.25, -0.2) is 9.59 Å². The van der Waals surface area contributed by atoms with Crippen molar-refractivity contribution in [1.29, 1.82) is 0 Å². The molecule has 1 aromatic rings. The minimum absolute atomic E-state index is 0.135. The van der Waals surface area contributed by atoms with E-state index in [0.717, 1.165) is 10.8 Å². The van der Waals surface area contributed by atoms with Crippen LogP contribution in [0.4, 0.5) is 4.79 Å². The van der Waals surface area contributed by atoms with Crippen molar-refractivity contribution in [2.45, 2.75) is 13.5 Å². The number of H-pyrrole nitrogens is 1. The van der Waals surface area contributed by atoms with Gasteiger partial charge in [-0.3, -0.25) is 14.2 Å². The van der Waals surface area contributed by atoms with Crippen LogP contribution in [0.15, 0.2) is 15.8 Å². The Morgan fingerprint density at radius 2 is 2.12 bits per heavy atom. The molecule has 1 heterocycles. The average molecular weight is 241 g/mol. The Balaban J connectivity index is 3.02. The van der Waals surface area contributed by atoms with Crippen molar-refractivity contribution in [3.8, 4) is 0 Å². The molecule has 3 N–H and O–H groups in total. The highest BCUT2D eigenvalue weighted by atomic mass is 16.5. The lowest BCUT2D eigenvalue weighted by Gasteiger charge is -2.05. The van der Waals surface area contributed by atoms with Gasteiger partial charge in [-0.1, -0.05) is 0 Å². The Kier molecular flexibility index (Phi) is 3.81. The van der Waals surface area contributed by atoms with Crippen LogP contribution in [0.2, 0.25) is 0 Å². The van der Waals surface area contributed by atoms with E-state index < -0.39 is 23.1 Å². The summed E-state index contributed by atoms with van der Waals surface area (Å²) in [6.45, 7) is 0.817. The number of aromatic nitrogens is 2. The zero-order valence-corrected chi connectivity index (χ0v) is 9.06. The summed E-state index contributed by atoms with van der Waals surface area (Å²) < 4.78 is 5.16. The lowest BCUT2D eigenvalue weighted by atomic mass is 10.2. The smallest absolute Gasteiger partial charge is 0.404 e. The van der Waals surface area contributed by atoms with Crippen LogP contribution < -0.4 is 17.0 Å². The second-order valence-electron chi connectivity index (χ2n) is 3.19. The monoisotopic (exact) mass is 241 g/mol. The van der Waals surface area contributed by atoms with Crippen LogP contribution >= 0.6 is 0 Å². The number of ketones is 1. The molecule has 1 aromatic heterocycles. The summed E-state index contributed by atoms with van der Waals surface area (Å²) in [6.07, 6.45) is 0.0514. The van der Waals surface area contributed by atoms with Gasteiger partial charge < -0.3 is 15.5 Å². The molecule has 0 aliphatic heterocycles. The van der Waals surface area contributed by atoms with E-state index in [1.165, 1.54) is 6.92 Å². The van der Waals surface area contributed by atoms with Crippen molar-refractivity contribution >= 4 is 11.9 Å². The number of Topliss-reactive ketones (excluding diaryl/α,β-unsaturated/α-hetero) is 1. The number of carbonyl (C=O) groups excluding carboxylic acids is 2. The SMILES string of the molecule is CC(=O)c1c[nH]c(=O)n(CCOC(N)=O)c1=O. The molecule has 0 unspecified atom stereocenters. The molecule has 8 heteroatoms. The molecule has 0 saturated heterocycles. The van der Waals surface area contributed by atoms with E-state index in [1.807, 2.05) is 0 Å². The number of ether oxygens (including phenoxy) is 1. The summed E-state index contributed by atoms with van der Waals surface area (Å²) >= 11 is 0. The number of nitrogens with zero attached hydrogens (tertiary/aromatic N) is 1. The third-order valence-corrected chi connectivity index (χ3v) is 2.00. The van der Waals surface area contributed by atoms with E-state index >= 15 is 0 Å². The van der Waals surface area contributed by atoms with Gasteiger partial charge in [0, 0.05) is 6.20 Å². The molecule has 8 nitrogen and oxygen atoms in total. The molecule has 0 bridgehead atoms. The molecule has 1 rings (SSSR count). The Bertz CT molecular complexity index is 556. The van der Waals surface area contributed by atoms with Crippen molar-refractivity contribution in [1.82, 2.24) is 9.55 Å². The second-order valence-corrected chi connectivity index (χ2v) is 3.19. The third-order valence-electron chi connectivity index (χ3n) is 2.00. The first-order chi connectivity index (χ1) is 7.93. The summed E-state index contributed by atoms with van der Waals surface area (Å²) in [5.74, 6) is -0.462. The highest BCUT2D eigenvalue weighted by Gasteiger charge is 2.10. The van der Waals surface area contributed by atoms with Gasteiger partial charge in [-0.05, 0) is 6.92 Å². The number of nitrogens with two attached hydrogens (primary N) is 1. The van der Waals surface area contributed by atoms with Gasteiger partial charge in [0.15, 0.2) is 5.78 Å². The van der Waals surface area contributed by atoms with E-state index in [9.17, 15) is 19.2 Å². The number of rotatable bonds is 4. The Hall–Kier alpha value is -2.38. The maximum absolute atomic E-state index is 11.7. The predicted molar refractivity (Wildman–Crippen MR) is 56.9 cm³/mol. The van der Waals surface area contributed by atoms with Crippen molar-refractivity contribution in [2.75, 3.05) is 6.61 Å². The van der Waals surface area contributed by atoms with Gasteiger partial charge in [0.2, 0.25) is 0 Å². The maximum Gasteiger partial charge on any atom is 0.404 e. The summed E-state index contributed by atoms with van der Waals surface area (Å²) in [4.78, 5) is 46.6. The number of carbonyl (C=O) groups is 2. The number of hydrogen-bond donors (Lipinski definition) is 2. The van der Waals surface area contributed by atoms with Crippen LogP contribution in [-0.4, -0.2) is 28.0 Å². The number of aromatic amines is 1. The van der Waals surface area contributed by atoms with E-state index in [1.54, 1.807) is 0 Å². The standard InChI is InChI=1S/C9H11N3O5/c1-5(13)6-4-11-9(16)12(7(6)14)2-3-17-8(10)15/h4H,2-3H2,1H3,(H2,10,15)(H,11,16). The van der Waals surface area contributed by atoms with Crippen LogP contribution in [0.25, 0.3) is 0 Å². The van der Waals surface area contributed by atoms with Crippen molar-refractivity contribution in [3.63, 3.8) is 0 Å². The summed E-state index contributed by atoms with van der Waals surface area (Å²) in [5.41, 5.74) is 3.17. The number of primary amides is 1. The normalized spacial score (nSPS) is 9.94. The minimum Gasteiger partial charge on any atom is -0.448 e. The number of amides is 1. The molecule has 0 atom stereocenters. The van der Waals surface area contributed by atoms with E-state index in [0.29, 0.717) is 0 Å². The van der Waals surface area contributed by atoms with Gasteiger partial charge in [0.25, 0.3) is 5.56 Å². The quantitative estimate of drug-likeness (QED) is 0.643. The summed E-state index contributed by atoms with van der Waals surface area (Å²) in [5, 5.41) is 0. The van der Waals surface area contributed by atoms with Crippen LogP contribution in [-0.2, 0) is 11.3 Å². The van der Waals surface area contributed by atoms with Crippen LogP contribution in [0.1, 0.15) is 17.3 Å². The van der Waals surface area contributed by atoms with Crippen molar-refractivity contribution in [3.05, 3.63) is 32.6 Å². The topological polar surface area (TPSA) is 124 Å². The van der Waals surface area contributed by atoms with Gasteiger partial charge in [0.05, 0.1) is 12.1 Å². The fourth-order valence-electron chi connectivity index (χ4n) is 1.20. The molecule has 0 spiro atoms. The zero-order valence-electron chi connectivity index (χ0n) is 9.06. The summed E-state index contributed by atoms with van der Waals surface area (Å²) in [6, 6.07) is 0. The average Bonchev–Trinajstić information content (AvgIpc) is 2.21. The van der Waals surface area contributed by atoms with Gasteiger partial charge in [-0.2, -0.15) is 0 Å². The molecular formula is C9H11N3O5. The fourth-order valence-corrected chi connectivity index (χ4v) is 1.20. The third kappa shape index (κ3) is 3.03. The Morgan fingerprint density at radius 1 is 1.47 bits per heavy atom. The highest BCUT2D eigenvalue weighted by molar-refractivity contribution is 5.93. The van der Waals surface area contributed by atoms with Crippen molar-refractivity contribution < 1.29 is 14.3 Å². The highest BCUT2D eigenvalue weighted by Crippen LogP contribution is 1.88. The van der Waals surface area contributed by atoms with E-state index in [-0.39, 0.29) is 18.7 Å². The minimum atomic E-state index is -1.00. The van der Waals surface area contributed by atoms with Gasteiger partial charge in [-0.15, -0.1) is 0 Å². The van der Waals surface area contributed by atoms with Crippen molar-refractivity contribution in [2.24, 2.45) is 5.73 Å². The van der Waals surface area contributed by atoms with Gasteiger partial charge in [0.1, 0.15) is 6.61 Å². The van der Waals surface area contributed by atoms with Crippen LogP contribution in [0.3, 0.4) is 0 Å².